The first-order valence-electron chi connectivity index (χ1n) is 8.73. The van der Waals surface area contributed by atoms with E-state index in [1.165, 1.54) is 10.9 Å². The Hall–Kier alpha value is -2.31. The Bertz CT molecular complexity index is 856. The van der Waals surface area contributed by atoms with Crippen LogP contribution >= 0.6 is 0 Å². The first-order valence-corrected chi connectivity index (χ1v) is 8.73. The summed E-state index contributed by atoms with van der Waals surface area (Å²) < 4.78 is 5.06. The van der Waals surface area contributed by atoms with Gasteiger partial charge in [0.15, 0.2) is 5.82 Å². The minimum atomic E-state index is 0.516. The van der Waals surface area contributed by atoms with Gasteiger partial charge in [-0.25, -0.2) is 0 Å². The van der Waals surface area contributed by atoms with Gasteiger partial charge in [0.1, 0.15) is 0 Å². The van der Waals surface area contributed by atoms with Crippen LogP contribution in [0.3, 0.4) is 0 Å². The number of likely N-dealkylation sites (N-methyl/N-ethyl adjacent to an activating group) is 1. The van der Waals surface area contributed by atoms with Crippen molar-refractivity contribution in [1.29, 1.82) is 0 Å². The van der Waals surface area contributed by atoms with Crippen molar-refractivity contribution in [2.75, 3.05) is 20.1 Å². The van der Waals surface area contributed by atoms with Gasteiger partial charge in [0.25, 0.3) is 0 Å². The number of rotatable bonds is 5. The van der Waals surface area contributed by atoms with E-state index in [-0.39, 0.29) is 0 Å². The van der Waals surface area contributed by atoms with Gasteiger partial charge in [-0.1, -0.05) is 29.4 Å². The molecule has 0 spiro atoms. The average Bonchev–Trinajstić information content (AvgIpc) is 3.24. The number of fused-ring (bicyclic) bond motifs is 1. The number of hydrogen-bond donors (Lipinski definition) is 0. The van der Waals surface area contributed by atoms with Gasteiger partial charge in [-0.15, -0.1) is 0 Å². The fourth-order valence-electron chi connectivity index (χ4n) is 3.61. The Kier molecular flexibility index (Phi) is 4.46. The van der Waals surface area contributed by atoms with Crippen LogP contribution in [-0.4, -0.2) is 51.1 Å². The highest BCUT2D eigenvalue weighted by Gasteiger charge is 2.26. The van der Waals surface area contributed by atoms with Gasteiger partial charge in [0, 0.05) is 44.2 Å². The van der Waals surface area contributed by atoms with Crippen LogP contribution in [0.1, 0.15) is 23.7 Å². The number of aryl methyl sites for hydroxylation is 1. The van der Waals surface area contributed by atoms with Gasteiger partial charge < -0.3 is 4.52 Å². The third-order valence-corrected chi connectivity index (χ3v) is 4.94. The Balaban J connectivity index is 1.40. The Morgan fingerprint density at radius 3 is 3.00 bits per heavy atom. The monoisotopic (exact) mass is 337 g/mol. The summed E-state index contributed by atoms with van der Waals surface area (Å²) in [6.07, 6.45) is 3.03. The molecule has 2 aromatic heterocycles. The van der Waals surface area contributed by atoms with E-state index in [1.807, 2.05) is 19.2 Å². The first-order chi connectivity index (χ1) is 12.2. The molecule has 0 amide bonds. The number of aromatic nitrogens is 3. The zero-order chi connectivity index (χ0) is 17.2. The van der Waals surface area contributed by atoms with Crippen LogP contribution in [0.15, 0.2) is 41.1 Å². The molecule has 0 radical (unpaired) electrons. The second kappa shape index (κ2) is 6.90. The molecule has 3 heterocycles. The minimum absolute atomic E-state index is 0.516. The van der Waals surface area contributed by atoms with E-state index < -0.39 is 0 Å². The lowest BCUT2D eigenvalue weighted by Crippen LogP contribution is -2.34. The lowest BCUT2D eigenvalue weighted by molar-refractivity contribution is 0.216. The number of pyridine rings is 1. The fraction of sp³-hybridized carbons (Fsp3) is 0.421. The van der Waals surface area contributed by atoms with Gasteiger partial charge >= 0.3 is 0 Å². The molecule has 1 aromatic carbocycles. The number of para-hydroxylation sites is 1. The molecule has 4 rings (SSSR count). The van der Waals surface area contributed by atoms with Crippen LogP contribution in [0.2, 0.25) is 0 Å². The van der Waals surface area contributed by atoms with E-state index in [9.17, 15) is 0 Å². The van der Waals surface area contributed by atoms with Crippen molar-refractivity contribution < 1.29 is 4.52 Å². The average molecular weight is 337 g/mol. The summed E-state index contributed by atoms with van der Waals surface area (Å²) in [5.41, 5.74) is 2.42. The van der Waals surface area contributed by atoms with Gasteiger partial charge in [0.2, 0.25) is 5.89 Å². The predicted molar refractivity (Wildman–Crippen MR) is 95.9 cm³/mol. The van der Waals surface area contributed by atoms with E-state index >= 15 is 0 Å². The molecule has 0 saturated carbocycles. The smallest absolute Gasteiger partial charge is 0.223 e. The molecular formula is C19H23N5O. The molecule has 1 fully saturated rings. The zero-order valence-electron chi connectivity index (χ0n) is 14.7. The molecule has 0 bridgehead atoms. The third-order valence-electron chi connectivity index (χ3n) is 4.94. The molecule has 1 aliphatic heterocycles. The highest BCUT2D eigenvalue weighted by molar-refractivity contribution is 5.81. The van der Waals surface area contributed by atoms with Crippen molar-refractivity contribution in [3.8, 4) is 0 Å². The third kappa shape index (κ3) is 3.55. The van der Waals surface area contributed by atoms with E-state index in [1.54, 1.807) is 0 Å². The van der Waals surface area contributed by atoms with Crippen LogP contribution in [0.5, 0.6) is 0 Å². The summed E-state index contributed by atoms with van der Waals surface area (Å²) in [5, 5.41) is 5.21. The van der Waals surface area contributed by atoms with Crippen molar-refractivity contribution in [1.82, 2.24) is 24.9 Å². The Morgan fingerprint density at radius 1 is 1.28 bits per heavy atom. The maximum absolute atomic E-state index is 5.06. The lowest BCUT2D eigenvalue weighted by atomic mass is 10.1. The Labute approximate surface area is 147 Å². The summed E-state index contributed by atoms with van der Waals surface area (Å²) in [5.74, 6) is 1.39. The van der Waals surface area contributed by atoms with Crippen molar-refractivity contribution in [2.24, 2.45) is 0 Å². The van der Waals surface area contributed by atoms with Gasteiger partial charge in [-0.05, 0) is 25.1 Å². The molecule has 0 N–H and O–H groups in total. The molecule has 3 aromatic rings. The standard InChI is InChI=1S/C19H23N5O/c1-14-21-18(22-25-14)13-23(2)17-8-10-24(12-17)11-16-6-3-5-15-7-4-9-20-19(15)16/h3-7,9,17H,8,10-13H2,1-2H3/t17-/m0/s1. The summed E-state index contributed by atoms with van der Waals surface area (Å²) in [4.78, 5) is 13.7. The number of hydrogen-bond acceptors (Lipinski definition) is 6. The second-order valence-electron chi connectivity index (χ2n) is 6.81. The number of likely N-dealkylation sites (tertiary alicyclic amines) is 1. The SMILES string of the molecule is Cc1nc(CN(C)[C@H]2CCN(Cc3cccc4cccnc34)C2)no1. The summed E-state index contributed by atoms with van der Waals surface area (Å²) in [6.45, 7) is 5.65. The largest absolute Gasteiger partial charge is 0.340 e. The quantitative estimate of drug-likeness (QED) is 0.713. The van der Waals surface area contributed by atoms with E-state index in [0.29, 0.717) is 11.9 Å². The van der Waals surface area contributed by atoms with Crippen LogP contribution < -0.4 is 0 Å². The molecule has 0 aliphatic carbocycles. The Morgan fingerprint density at radius 2 is 2.16 bits per heavy atom. The van der Waals surface area contributed by atoms with E-state index in [2.05, 4.69) is 56.2 Å². The molecule has 130 valence electrons. The number of benzene rings is 1. The summed E-state index contributed by atoms with van der Waals surface area (Å²) in [6, 6.07) is 11.1. The second-order valence-corrected chi connectivity index (χ2v) is 6.81. The zero-order valence-corrected chi connectivity index (χ0v) is 14.7. The molecule has 1 aliphatic rings. The maximum Gasteiger partial charge on any atom is 0.223 e. The maximum atomic E-state index is 5.06. The van der Waals surface area contributed by atoms with Crippen LogP contribution in [0.25, 0.3) is 10.9 Å². The molecule has 25 heavy (non-hydrogen) atoms. The normalized spacial score (nSPS) is 18.4. The van der Waals surface area contributed by atoms with Crippen molar-refractivity contribution >= 4 is 10.9 Å². The van der Waals surface area contributed by atoms with Crippen molar-refractivity contribution in [3.63, 3.8) is 0 Å². The molecule has 1 saturated heterocycles. The highest BCUT2D eigenvalue weighted by atomic mass is 16.5. The van der Waals surface area contributed by atoms with Crippen LogP contribution in [0.4, 0.5) is 0 Å². The van der Waals surface area contributed by atoms with Crippen LogP contribution in [0, 0.1) is 6.92 Å². The molecule has 1 atom stereocenters. The van der Waals surface area contributed by atoms with E-state index in [0.717, 1.165) is 43.9 Å². The van der Waals surface area contributed by atoms with Crippen LogP contribution in [-0.2, 0) is 13.1 Å². The highest BCUT2D eigenvalue weighted by Crippen LogP contribution is 2.22. The van der Waals surface area contributed by atoms with Crippen molar-refractivity contribution in [3.05, 3.63) is 53.8 Å². The van der Waals surface area contributed by atoms with Gasteiger partial charge in [-0.3, -0.25) is 14.8 Å². The summed E-state index contributed by atoms with van der Waals surface area (Å²) in [7, 11) is 2.14. The first kappa shape index (κ1) is 16.2. The lowest BCUT2D eigenvalue weighted by Gasteiger charge is -2.23. The topological polar surface area (TPSA) is 58.3 Å². The number of nitrogens with zero attached hydrogens (tertiary/aromatic N) is 5. The van der Waals surface area contributed by atoms with Gasteiger partial charge in [-0.2, -0.15) is 4.98 Å². The molecule has 6 nitrogen and oxygen atoms in total. The predicted octanol–water partition coefficient (Wildman–Crippen LogP) is 2.63. The molecule has 0 unspecified atom stereocenters. The molecular weight excluding hydrogens is 314 g/mol. The minimum Gasteiger partial charge on any atom is -0.340 e. The fourth-order valence-corrected chi connectivity index (χ4v) is 3.61. The van der Waals surface area contributed by atoms with E-state index in [4.69, 9.17) is 4.52 Å². The summed E-state index contributed by atoms with van der Waals surface area (Å²) >= 11 is 0. The van der Waals surface area contributed by atoms with Crippen molar-refractivity contribution in [2.45, 2.75) is 32.5 Å². The molecule has 6 heteroatoms. The van der Waals surface area contributed by atoms with Gasteiger partial charge in [0.05, 0.1) is 12.1 Å².